The van der Waals surface area contributed by atoms with E-state index in [1.165, 1.54) is 10.4 Å². The summed E-state index contributed by atoms with van der Waals surface area (Å²) in [6.07, 6.45) is 0. The van der Waals surface area contributed by atoms with Gasteiger partial charge in [0.1, 0.15) is 4.90 Å². The Bertz CT molecular complexity index is 500. The summed E-state index contributed by atoms with van der Waals surface area (Å²) in [6.45, 7) is 5.92. The van der Waals surface area contributed by atoms with Crippen molar-refractivity contribution in [1.82, 2.24) is 4.31 Å². The Morgan fingerprint density at radius 2 is 2.00 bits per heavy atom. The Balaban J connectivity index is 3.35. The van der Waals surface area contributed by atoms with Gasteiger partial charge >= 0.3 is 0 Å². The molecule has 0 aliphatic heterocycles. The molecule has 0 aliphatic carbocycles. The van der Waals surface area contributed by atoms with Crippen LogP contribution in [0, 0.1) is 0 Å². The minimum Gasteiger partial charge on any atom is -0.398 e. The Kier molecular flexibility index (Phi) is 4.57. The summed E-state index contributed by atoms with van der Waals surface area (Å²) in [5.41, 5.74) is 6.01. The molecule has 1 aromatic carbocycles. The molecule has 0 aliphatic rings. The second-order valence-corrected chi connectivity index (χ2v) is 6.76. The van der Waals surface area contributed by atoms with E-state index in [2.05, 4.69) is 15.9 Å². The van der Waals surface area contributed by atoms with Crippen molar-refractivity contribution in [3.05, 3.63) is 22.7 Å². The number of nitrogens with zero attached hydrogens (tertiary/aromatic N) is 1. The molecule has 96 valence electrons. The zero-order valence-electron chi connectivity index (χ0n) is 10.1. The summed E-state index contributed by atoms with van der Waals surface area (Å²) in [5.74, 6) is 0. The van der Waals surface area contributed by atoms with E-state index in [0.29, 0.717) is 11.0 Å². The number of anilines is 1. The van der Waals surface area contributed by atoms with E-state index < -0.39 is 10.0 Å². The molecular weight excluding hydrogens is 304 g/mol. The first-order valence-electron chi connectivity index (χ1n) is 5.37. The fraction of sp³-hybridized carbons (Fsp3) is 0.455. The summed E-state index contributed by atoms with van der Waals surface area (Å²) in [4.78, 5) is 0.155. The highest BCUT2D eigenvalue weighted by Crippen LogP contribution is 2.26. The molecule has 0 amide bonds. The van der Waals surface area contributed by atoms with Crippen LogP contribution in [0.1, 0.15) is 20.8 Å². The number of halogens is 1. The quantitative estimate of drug-likeness (QED) is 0.867. The Morgan fingerprint density at radius 1 is 1.41 bits per heavy atom. The van der Waals surface area contributed by atoms with Crippen molar-refractivity contribution in [2.75, 3.05) is 12.3 Å². The fourth-order valence-corrected chi connectivity index (χ4v) is 3.97. The molecule has 1 rings (SSSR count). The monoisotopic (exact) mass is 320 g/mol. The highest BCUT2D eigenvalue weighted by atomic mass is 79.9. The smallest absolute Gasteiger partial charge is 0.245 e. The van der Waals surface area contributed by atoms with Crippen LogP contribution >= 0.6 is 15.9 Å². The third-order valence-corrected chi connectivity index (χ3v) is 5.15. The molecule has 1 aromatic rings. The van der Waals surface area contributed by atoms with E-state index in [-0.39, 0.29) is 16.6 Å². The molecular formula is C11H17BrN2O2S. The number of benzene rings is 1. The summed E-state index contributed by atoms with van der Waals surface area (Å²) in [7, 11) is -3.53. The van der Waals surface area contributed by atoms with Crippen LogP contribution < -0.4 is 5.73 Å². The third kappa shape index (κ3) is 3.00. The Morgan fingerprint density at radius 3 is 2.47 bits per heavy atom. The maximum absolute atomic E-state index is 12.4. The maximum Gasteiger partial charge on any atom is 0.245 e. The lowest BCUT2D eigenvalue weighted by Gasteiger charge is -2.25. The summed E-state index contributed by atoms with van der Waals surface area (Å²) >= 11 is 3.26. The van der Waals surface area contributed by atoms with Crippen molar-refractivity contribution in [3.8, 4) is 0 Å². The summed E-state index contributed by atoms with van der Waals surface area (Å²) in [5, 5.41) is 0. The predicted octanol–water partition coefficient (Wildman–Crippen LogP) is 2.45. The number of hydrogen-bond acceptors (Lipinski definition) is 3. The molecule has 2 N–H and O–H groups in total. The van der Waals surface area contributed by atoms with Gasteiger partial charge in [0, 0.05) is 17.1 Å². The van der Waals surface area contributed by atoms with Crippen LogP contribution in [0.3, 0.4) is 0 Å². The van der Waals surface area contributed by atoms with Crippen LogP contribution in [0.5, 0.6) is 0 Å². The number of nitrogen functional groups attached to an aromatic ring is 1. The summed E-state index contributed by atoms with van der Waals surface area (Å²) < 4.78 is 26.9. The fourth-order valence-electron chi connectivity index (χ4n) is 1.67. The van der Waals surface area contributed by atoms with Crippen LogP contribution in [0.2, 0.25) is 0 Å². The van der Waals surface area contributed by atoms with Gasteiger partial charge in [0.25, 0.3) is 0 Å². The van der Waals surface area contributed by atoms with Crippen LogP contribution in [-0.4, -0.2) is 25.3 Å². The predicted molar refractivity (Wildman–Crippen MR) is 73.3 cm³/mol. The van der Waals surface area contributed by atoms with E-state index in [9.17, 15) is 8.42 Å². The lowest BCUT2D eigenvalue weighted by molar-refractivity contribution is 0.369. The first-order chi connectivity index (χ1) is 7.80. The largest absolute Gasteiger partial charge is 0.398 e. The molecule has 0 unspecified atom stereocenters. The van der Waals surface area contributed by atoms with Crippen LogP contribution in [-0.2, 0) is 10.0 Å². The van der Waals surface area contributed by atoms with E-state index in [0.717, 1.165) is 0 Å². The standard InChI is InChI=1S/C11H17BrN2O2S/c1-4-14(8(2)3)17(15,16)11-7-9(12)5-6-10(11)13/h5-8H,4,13H2,1-3H3. The number of rotatable bonds is 4. The van der Waals surface area contributed by atoms with Gasteiger partial charge in [-0.05, 0) is 32.0 Å². The summed E-state index contributed by atoms with van der Waals surface area (Å²) in [6, 6.07) is 4.75. The van der Waals surface area contributed by atoms with Gasteiger partial charge in [-0.2, -0.15) is 4.31 Å². The molecule has 17 heavy (non-hydrogen) atoms. The van der Waals surface area contributed by atoms with E-state index >= 15 is 0 Å². The van der Waals surface area contributed by atoms with Crippen molar-refractivity contribution in [1.29, 1.82) is 0 Å². The van der Waals surface area contributed by atoms with Crippen molar-refractivity contribution < 1.29 is 8.42 Å². The topological polar surface area (TPSA) is 63.4 Å². The van der Waals surface area contributed by atoms with Gasteiger partial charge in [-0.15, -0.1) is 0 Å². The zero-order valence-corrected chi connectivity index (χ0v) is 12.5. The number of nitrogens with two attached hydrogens (primary N) is 1. The minimum absolute atomic E-state index is 0.0941. The van der Waals surface area contributed by atoms with E-state index in [4.69, 9.17) is 5.73 Å². The highest BCUT2D eigenvalue weighted by Gasteiger charge is 2.27. The van der Waals surface area contributed by atoms with Gasteiger partial charge in [-0.1, -0.05) is 22.9 Å². The average molecular weight is 321 g/mol. The molecule has 0 atom stereocenters. The Labute approximate surface area is 111 Å². The van der Waals surface area contributed by atoms with Gasteiger partial charge in [-0.25, -0.2) is 8.42 Å². The van der Waals surface area contributed by atoms with Crippen LogP contribution in [0.4, 0.5) is 5.69 Å². The minimum atomic E-state index is -3.53. The lowest BCUT2D eigenvalue weighted by atomic mass is 10.3. The zero-order chi connectivity index (χ0) is 13.2. The molecule has 0 saturated carbocycles. The molecule has 0 saturated heterocycles. The van der Waals surface area contributed by atoms with Gasteiger partial charge in [0.2, 0.25) is 10.0 Å². The maximum atomic E-state index is 12.4. The Hall–Kier alpha value is -0.590. The average Bonchev–Trinajstić information content (AvgIpc) is 2.21. The molecule has 0 aromatic heterocycles. The molecule has 0 radical (unpaired) electrons. The first kappa shape index (κ1) is 14.5. The molecule has 4 nitrogen and oxygen atoms in total. The molecule has 0 fully saturated rings. The van der Waals surface area contributed by atoms with Crippen molar-refractivity contribution >= 4 is 31.6 Å². The van der Waals surface area contributed by atoms with E-state index in [1.807, 2.05) is 20.8 Å². The van der Waals surface area contributed by atoms with Gasteiger partial charge in [0.15, 0.2) is 0 Å². The van der Waals surface area contributed by atoms with Crippen molar-refractivity contribution in [3.63, 3.8) is 0 Å². The SMILES string of the molecule is CCN(C(C)C)S(=O)(=O)c1cc(Br)ccc1N. The van der Waals surface area contributed by atoms with Crippen LogP contribution in [0.15, 0.2) is 27.6 Å². The van der Waals surface area contributed by atoms with Gasteiger partial charge < -0.3 is 5.73 Å². The first-order valence-corrected chi connectivity index (χ1v) is 7.61. The molecule has 0 bridgehead atoms. The van der Waals surface area contributed by atoms with Gasteiger partial charge in [0.05, 0.1) is 5.69 Å². The second-order valence-electron chi connectivity index (χ2n) is 3.98. The van der Waals surface area contributed by atoms with Gasteiger partial charge in [-0.3, -0.25) is 0 Å². The second kappa shape index (κ2) is 5.37. The number of sulfonamides is 1. The van der Waals surface area contributed by atoms with Crippen LogP contribution in [0.25, 0.3) is 0 Å². The third-order valence-electron chi connectivity index (χ3n) is 2.45. The lowest BCUT2D eigenvalue weighted by Crippen LogP contribution is -2.37. The highest BCUT2D eigenvalue weighted by molar-refractivity contribution is 9.10. The molecule has 0 heterocycles. The molecule has 0 spiro atoms. The normalized spacial score (nSPS) is 12.4. The van der Waals surface area contributed by atoms with E-state index in [1.54, 1.807) is 12.1 Å². The molecule has 6 heteroatoms. The number of hydrogen-bond donors (Lipinski definition) is 1. The van der Waals surface area contributed by atoms with Crippen molar-refractivity contribution in [2.24, 2.45) is 0 Å². The van der Waals surface area contributed by atoms with Crippen molar-refractivity contribution in [2.45, 2.75) is 31.7 Å².